The predicted octanol–water partition coefficient (Wildman–Crippen LogP) is -0.0393. The fourth-order valence-electron chi connectivity index (χ4n) is 0.815. The average molecular weight is 206 g/mol. The summed E-state index contributed by atoms with van der Waals surface area (Å²) >= 11 is 0. The number of hydrogen-bond donors (Lipinski definition) is 2. The van der Waals surface area contributed by atoms with Gasteiger partial charge in [0.25, 0.3) is 5.91 Å². The zero-order chi connectivity index (χ0) is 11.3. The number of rotatable bonds is 3. The molecule has 0 radical (unpaired) electrons. The van der Waals surface area contributed by atoms with Crippen molar-refractivity contribution in [2.75, 3.05) is 12.4 Å². The molecule has 0 atom stereocenters. The van der Waals surface area contributed by atoms with Crippen LogP contribution in [0, 0.1) is 0 Å². The topological polar surface area (TPSA) is 84.0 Å². The third kappa shape index (κ3) is 2.87. The minimum atomic E-state index is -0.378. The number of anilines is 1. The van der Waals surface area contributed by atoms with Crippen molar-refractivity contribution < 1.29 is 9.59 Å². The van der Waals surface area contributed by atoms with E-state index in [1.54, 1.807) is 0 Å². The van der Waals surface area contributed by atoms with Crippen LogP contribution in [0.2, 0.25) is 0 Å². The summed E-state index contributed by atoms with van der Waals surface area (Å²) in [5.41, 5.74) is 0.410. The maximum atomic E-state index is 11.1. The fraction of sp³-hybridized carbons (Fsp3) is 0.111. The molecule has 1 heterocycles. The van der Waals surface area contributed by atoms with Crippen molar-refractivity contribution in [3.8, 4) is 0 Å². The Kier molecular flexibility index (Phi) is 3.50. The molecular formula is C9H10N4O2. The first-order valence-electron chi connectivity index (χ1n) is 4.15. The highest BCUT2D eigenvalue weighted by Gasteiger charge is 2.06. The van der Waals surface area contributed by atoms with Crippen molar-refractivity contribution in [3.63, 3.8) is 0 Å². The van der Waals surface area contributed by atoms with Crippen LogP contribution in [0.15, 0.2) is 25.0 Å². The maximum Gasteiger partial charge on any atom is 0.288 e. The molecule has 0 unspecified atom stereocenters. The van der Waals surface area contributed by atoms with Crippen molar-refractivity contribution in [1.82, 2.24) is 15.3 Å². The lowest BCUT2D eigenvalue weighted by Gasteiger charge is -2.01. The summed E-state index contributed by atoms with van der Waals surface area (Å²) < 4.78 is 0. The van der Waals surface area contributed by atoms with E-state index in [0.29, 0.717) is 5.69 Å². The second-order valence-electron chi connectivity index (χ2n) is 2.57. The van der Waals surface area contributed by atoms with Gasteiger partial charge in [-0.15, -0.1) is 0 Å². The van der Waals surface area contributed by atoms with E-state index >= 15 is 0 Å². The van der Waals surface area contributed by atoms with E-state index in [-0.39, 0.29) is 17.6 Å². The SMILES string of the molecule is C=CC(=O)Nc1cnc(C(=O)NC)nc1. The lowest BCUT2D eigenvalue weighted by atomic mass is 10.4. The summed E-state index contributed by atoms with van der Waals surface area (Å²) in [7, 11) is 1.49. The second-order valence-corrected chi connectivity index (χ2v) is 2.57. The zero-order valence-electron chi connectivity index (χ0n) is 8.15. The maximum absolute atomic E-state index is 11.1. The van der Waals surface area contributed by atoms with Crippen molar-refractivity contribution in [2.45, 2.75) is 0 Å². The second kappa shape index (κ2) is 4.85. The first-order chi connectivity index (χ1) is 7.17. The zero-order valence-corrected chi connectivity index (χ0v) is 8.15. The lowest BCUT2D eigenvalue weighted by molar-refractivity contribution is -0.111. The first-order valence-corrected chi connectivity index (χ1v) is 4.15. The van der Waals surface area contributed by atoms with Gasteiger partial charge in [-0.05, 0) is 6.08 Å². The van der Waals surface area contributed by atoms with Gasteiger partial charge < -0.3 is 10.6 Å². The normalized spacial score (nSPS) is 9.13. The Hall–Kier alpha value is -2.24. The average Bonchev–Trinajstić information content (AvgIpc) is 2.29. The van der Waals surface area contributed by atoms with E-state index in [1.165, 1.54) is 19.4 Å². The van der Waals surface area contributed by atoms with E-state index in [2.05, 4.69) is 27.2 Å². The van der Waals surface area contributed by atoms with Gasteiger partial charge in [-0.1, -0.05) is 6.58 Å². The molecule has 1 rings (SSSR count). The van der Waals surface area contributed by atoms with Gasteiger partial charge in [0.1, 0.15) is 0 Å². The highest BCUT2D eigenvalue weighted by Crippen LogP contribution is 2.02. The van der Waals surface area contributed by atoms with Crippen molar-refractivity contribution in [2.24, 2.45) is 0 Å². The van der Waals surface area contributed by atoms with Gasteiger partial charge in [-0.3, -0.25) is 9.59 Å². The molecule has 0 bridgehead atoms. The van der Waals surface area contributed by atoms with Gasteiger partial charge in [0.05, 0.1) is 18.1 Å². The minimum Gasteiger partial charge on any atom is -0.352 e. The number of nitrogens with one attached hydrogen (secondary N) is 2. The number of hydrogen-bond acceptors (Lipinski definition) is 4. The molecule has 6 heteroatoms. The molecule has 78 valence electrons. The Morgan fingerprint density at radius 3 is 2.47 bits per heavy atom. The van der Waals surface area contributed by atoms with Crippen molar-refractivity contribution in [1.29, 1.82) is 0 Å². The van der Waals surface area contributed by atoms with Gasteiger partial charge in [-0.2, -0.15) is 0 Å². The van der Waals surface area contributed by atoms with Crippen LogP contribution in [0.3, 0.4) is 0 Å². The van der Waals surface area contributed by atoms with Crippen LogP contribution < -0.4 is 10.6 Å². The Bertz CT molecular complexity index is 386. The molecule has 0 saturated heterocycles. The number of carbonyl (C=O) groups is 2. The van der Waals surface area contributed by atoms with Crippen molar-refractivity contribution >= 4 is 17.5 Å². The Labute approximate surface area is 86.4 Å². The van der Waals surface area contributed by atoms with Crippen LogP contribution in [0.25, 0.3) is 0 Å². The number of carbonyl (C=O) groups excluding carboxylic acids is 2. The quantitative estimate of drug-likeness (QED) is 0.680. The molecule has 0 aliphatic heterocycles. The smallest absolute Gasteiger partial charge is 0.288 e. The van der Waals surface area contributed by atoms with Gasteiger partial charge in [-0.25, -0.2) is 9.97 Å². The standard InChI is InChI=1S/C9H10N4O2/c1-3-7(14)13-6-4-11-8(12-5-6)9(15)10-2/h3-5H,1H2,2H3,(H,10,15)(H,13,14). The molecule has 6 nitrogen and oxygen atoms in total. The van der Waals surface area contributed by atoms with Gasteiger partial charge in [0.2, 0.25) is 11.7 Å². The molecule has 0 aliphatic carbocycles. The summed E-state index contributed by atoms with van der Waals surface area (Å²) in [6, 6.07) is 0. The minimum absolute atomic E-state index is 0.0501. The summed E-state index contributed by atoms with van der Waals surface area (Å²) in [5.74, 6) is -0.683. The van der Waals surface area contributed by atoms with E-state index in [1.807, 2.05) is 0 Å². The van der Waals surface area contributed by atoms with Crippen molar-refractivity contribution in [3.05, 3.63) is 30.9 Å². The summed E-state index contributed by atoms with van der Waals surface area (Å²) in [6.45, 7) is 3.30. The molecule has 0 saturated carbocycles. The molecule has 15 heavy (non-hydrogen) atoms. The predicted molar refractivity (Wildman–Crippen MR) is 54.2 cm³/mol. The van der Waals surface area contributed by atoms with Crippen LogP contribution in [0.4, 0.5) is 5.69 Å². The Balaban J connectivity index is 2.76. The van der Waals surface area contributed by atoms with Crippen LogP contribution >= 0.6 is 0 Å². The molecule has 0 aliphatic rings. The van der Waals surface area contributed by atoms with Gasteiger partial charge in [0.15, 0.2) is 0 Å². The van der Waals surface area contributed by atoms with Crippen LogP contribution in [-0.2, 0) is 4.79 Å². The Morgan fingerprint density at radius 2 is 2.00 bits per heavy atom. The van der Waals surface area contributed by atoms with E-state index < -0.39 is 0 Å². The van der Waals surface area contributed by atoms with E-state index in [0.717, 1.165) is 6.08 Å². The number of aromatic nitrogens is 2. The van der Waals surface area contributed by atoms with E-state index in [4.69, 9.17) is 0 Å². The third-order valence-corrected chi connectivity index (χ3v) is 1.53. The first kappa shape index (κ1) is 10.8. The highest BCUT2D eigenvalue weighted by atomic mass is 16.2. The summed E-state index contributed by atoms with van der Waals surface area (Å²) in [4.78, 5) is 29.5. The largest absolute Gasteiger partial charge is 0.352 e. The molecular weight excluding hydrogens is 196 g/mol. The molecule has 2 amide bonds. The molecule has 1 aromatic rings. The molecule has 2 N–H and O–H groups in total. The summed E-state index contributed by atoms with van der Waals surface area (Å²) in [5, 5.41) is 4.85. The van der Waals surface area contributed by atoms with Crippen LogP contribution in [-0.4, -0.2) is 28.8 Å². The lowest BCUT2D eigenvalue weighted by Crippen LogP contribution is -2.20. The molecule has 0 fully saturated rings. The molecule has 1 aromatic heterocycles. The summed E-state index contributed by atoms with van der Waals surface area (Å²) in [6.07, 6.45) is 3.82. The van der Waals surface area contributed by atoms with Gasteiger partial charge in [0, 0.05) is 7.05 Å². The van der Waals surface area contributed by atoms with Crippen LogP contribution in [0.1, 0.15) is 10.6 Å². The van der Waals surface area contributed by atoms with E-state index in [9.17, 15) is 9.59 Å². The van der Waals surface area contributed by atoms with Gasteiger partial charge >= 0.3 is 0 Å². The molecule has 0 spiro atoms. The number of nitrogens with zero attached hydrogens (tertiary/aromatic N) is 2. The fourth-order valence-corrected chi connectivity index (χ4v) is 0.815. The third-order valence-electron chi connectivity index (χ3n) is 1.53. The highest BCUT2D eigenvalue weighted by molar-refractivity contribution is 5.98. The van der Waals surface area contributed by atoms with Crippen LogP contribution in [0.5, 0.6) is 0 Å². The monoisotopic (exact) mass is 206 g/mol. The Morgan fingerprint density at radius 1 is 1.40 bits per heavy atom. The number of amides is 2. The molecule has 0 aromatic carbocycles.